The highest BCUT2D eigenvalue weighted by atomic mass is 32.2. The topological polar surface area (TPSA) is 66.4 Å². The highest BCUT2D eigenvalue weighted by Gasteiger charge is 2.20. The van der Waals surface area contributed by atoms with Gasteiger partial charge in [0.05, 0.1) is 0 Å². The van der Waals surface area contributed by atoms with E-state index >= 15 is 0 Å². The molecule has 166 valence electrons. The number of carbonyl (C=O) groups is 2. The first-order valence-corrected chi connectivity index (χ1v) is 11.9. The van der Waals surface area contributed by atoms with Gasteiger partial charge in [-0.05, 0) is 59.3 Å². The molecule has 0 aromatic rings. The second kappa shape index (κ2) is 16.3. The van der Waals surface area contributed by atoms with E-state index in [-0.39, 0.29) is 11.8 Å². The minimum atomic E-state index is -0.968. The molecule has 0 radical (unpaired) electrons. The molecule has 0 saturated heterocycles. The van der Waals surface area contributed by atoms with Crippen molar-refractivity contribution < 1.29 is 14.7 Å². The lowest BCUT2D eigenvalue weighted by Gasteiger charge is -2.15. The number of hydrogen-bond donors (Lipinski definition) is 2. The minimum absolute atomic E-state index is 0.175. The van der Waals surface area contributed by atoms with E-state index < -0.39 is 12.0 Å². The van der Waals surface area contributed by atoms with Crippen molar-refractivity contribution in [2.24, 2.45) is 5.92 Å². The van der Waals surface area contributed by atoms with Crippen LogP contribution in [0, 0.1) is 5.92 Å². The molecule has 0 bridgehead atoms. The lowest BCUT2D eigenvalue weighted by atomic mass is 10.0. The number of rotatable bonds is 15. The third kappa shape index (κ3) is 16.0. The Morgan fingerprint density at radius 2 is 1.59 bits per heavy atom. The molecule has 0 fully saturated rings. The Hall–Kier alpha value is -1.49. The van der Waals surface area contributed by atoms with Crippen LogP contribution in [0.25, 0.3) is 0 Å². The Morgan fingerprint density at radius 1 is 1.00 bits per heavy atom. The lowest BCUT2D eigenvalue weighted by molar-refractivity contribution is -0.141. The second-order valence-corrected chi connectivity index (χ2v) is 9.25. The van der Waals surface area contributed by atoms with E-state index in [1.165, 1.54) is 16.7 Å². The summed E-state index contributed by atoms with van der Waals surface area (Å²) in [5.41, 5.74) is 4.12. The molecule has 2 atom stereocenters. The molecular weight excluding hydrogens is 382 g/mol. The van der Waals surface area contributed by atoms with Crippen molar-refractivity contribution in [1.29, 1.82) is 0 Å². The number of thioether (sulfide) groups is 1. The Bertz CT molecular complexity index is 589. The molecule has 2 N–H and O–H groups in total. The second-order valence-electron chi connectivity index (χ2n) is 8.17. The fourth-order valence-electron chi connectivity index (χ4n) is 2.61. The molecule has 1 amide bonds. The summed E-state index contributed by atoms with van der Waals surface area (Å²) in [6.07, 6.45) is 12.3. The van der Waals surface area contributed by atoms with Crippen molar-refractivity contribution in [3.05, 3.63) is 34.9 Å². The smallest absolute Gasteiger partial charge is 0.327 e. The number of hydrogen-bond acceptors (Lipinski definition) is 3. The summed E-state index contributed by atoms with van der Waals surface area (Å²) in [5.74, 6) is 0.275. The van der Waals surface area contributed by atoms with Gasteiger partial charge < -0.3 is 10.4 Å². The third-order valence-electron chi connectivity index (χ3n) is 4.82. The predicted octanol–water partition coefficient (Wildman–Crippen LogP) is 6.14. The first kappa shape index (κ1) is 27.5. The van der Waals surface area contributed by atoms with Crippen LogP contribution in [0.15, 0.2) is 34.9 Å². The summed E-state index contributed by atoms with van der Waals surface area (Å²) in [7, 11) is 0. The maximum absolute atomic E-state index is 11.9. The Morgan fingerprint density at radius 3 is 2.14 bits per heavy atom. The maximum Gasteiger partial charge on any atom is 0.327 e. The van der Waals surface area contributed by atoms with Crippen molar-refractivity contribution in [3.8, 4) is 0 Å². The summed E-state index contributed by atoms with van der Waals surface area (Å²) in [6, 6.07) is -0.823. The molecule has 5 heteroatoms. The summed E-state index contributed by atoms with van der Waals surface area (Å²) in [5, 5.41) is 12.0. The van der Waals surface area contributed by atoms with Crippen molar-refractivity contribution in [2.45, 2.75) is 86.1 Å². The summed E-state index contributed by atoms with van der Waals surface area (Å²) < 4.78 is 0. The number of amides is 1. The Labute approximate surface area is 182 Å². The average Bonchev–Trinajstić information content (AvgIpc) is 2.63. The molecule has 0 aromatic carbocycles. The minimum Gasteiger partial charge on any atom is -0.480 e. The molecule has 0 aliphatic heterocycles. The lowest BCUT2D eigenvalue weighted by Crippen LogP contribution is -2.43. The summed E-state index contributed by atoms with van der Waals surface area (Å²) >= 11 is 1.54. The summed E-state index contributed by atoms with van der Waals surface area (Å²) in [6.45, 7) is 12.6. The predicted molar refractivity (Wildman–Crippen MR) is 126 cm³/mol. The largest absolute Gasteiger partial charge is 0.480 e. The van der Waals surface area contributed by atoms with Gasteiger partial charge >= 0.3 is 5.97 Å². The van der Waals surface area contributed by atoms with Crippen LogP contribution in [0.2, 0.25) is 0 Å². The van der Waals surface area contributed by atoms with Crippen molar-refractivity contribution in [1.82, 2.24) is 5.32 Å². The van der Waals surface area contributed by atoms with E-state index in [0.29, 0.717) is 12.2 Å². The number of carboxylic acid groups (broad SMARTS) is 1. The van der Waals surface area contributed by atoms with E-state index in [0.717, 1.165) is 37.9 Å². The van der Waals surface area contributed by atoms with Crippen molar-refractivity contribution >= 4 is 23.6 Å². The molecular formula is C24H41NO3S. The van der Waals surface area contributed by atoms with Gasteiger partial charge in [-0.1, -0.05) is 55.2 Å². The maximum atomic E-state index is 11.9. The van der Waals surface area contributed by atoms with Gasteiger partial charge in [-0.15, -0.1) is 0 Å². The van der Waals surface area contributed by atoms with Crippen LogP contribution in [0.5, 0.6) is 0 Å². The standard InChI is InChI=1S/C24H41NO3S/c1-7-19(4)16-23(26)25-22(24(27)28)17-29-15-14-21(6)13-9-12-20(5)11-8-10-18(2)3/h10,12,14,19,22H,7-9,11,13,15-17H2,1-6H3,(H,25,26)(H,27,28)/b20-12+,21-14+/t19-,22-/m0/s1. The van der Waals surface area contributed by atoms with E-state index in [1.54, 1.807) is 11.8 Å². The monoisotopic (exact) mass is 423 g/mol. The van der Waals surface area contributed by atoms with Gasteiger partial charge in [0.25, 0.3) is 0 Å². The van der Waals surface area contributed by atoms with Gasteiger partial charge in [-0.3, -0.25) is 4.79 Å². The van der Waals surface area contributed by atoms with Crippen LogP contribution < -0.4 is 5.32 Å². The number of carbonyl (C=O) groups excluding carboxylic acids is 1. The van der Waals surface area contributed by atoms with Crippen molar-refractivity contribution in [2.75, 3.05) is 11.5 Å². The van der Waals surface area contributed by atoms with E-state index in [9.17, 15) is 14.7 Å². The molecule has 0 spiro atoms. The Kier molecular flexibility index (Phi) is 15.5. The molecule has 0 heterocycles. The van der Waals surface area contributed by atoms with Crippen LogP contribution >= 0.6 is 11.8 Å². The van der Waals surface area contributed by atoms with Crippen LogP contribution in [-0.2, 0) is 9.59 Å². The Balaban J connectivity index is 4.22. The highest BCUT2D eigenvalue weighted by Crippen LogP contribution is 2.13. The van der Waals surface area contributed by atoms with Gasteiger partial charge in [-0.25, -0.2) is 4.79 Å². The molecule has 0 aliphatic rings. The molecule has 0 aliphatic carbocycles. The van der Waals surface area contributed by atoms with Gasteiger partial charge in [0.1, 0.15) is 6.04 Å². The SMILES string of the molecule is CC[C@H](C)CC(=O)N[C@@H](CSC/C=C(\C)CC/C=C(\C)CCC=C(C)C)C(=O)O. The van der Waals surface area contributed by atoms with Gasteiger partial charge in [-0.2, -0.15) is 11.8 Å². The molecule has 29 heavy (non-hydrogen) atoms. The van der Waals surface area contributed by atoms with Crippen LogP contribution in [-0.4, -0.2) is 34.5 Å². The van der Waals surface area contributed by atoms with E-state index in [1.807, 2.05) is 13.8 Å². The first-order valence-electron chi connectivity index (χ1n) is 10.7. The quantitative estimate of drug-likeness (QED) is 0.245. The summed E-state index contributed by atoms with van der Waals surface area (Å²) in [4.78, 5) is 23.3. The highest BCUT2D eigenvalue weighted by molar-refractivity contribution is 7.99. The zero-order chi connectivity index (χ0) is 22.2. The van der Waals surface area contributed by atoms with E-state index in [2.05, 4.69) is 51.2 Å². The van der Waals surface area contributed by atoms with Gasteiger partial charge in [0.2, 0.25) is 5.91 Å². The third-order valence-corrected chi connectivity index (χ3v) is 5.79. The molecule has 0 saturated carbocycles. The number of aliphatic carboxylic acids is 1. The number of carboxylic acids is 1. The first-order chi connectivity index (χ1) is 13.6. The normalized spacial score (nSPS) is 14.3. The molecule has 0 rings (SSSR count). The van der Waals surface area contributed by atoms with Crippen molar-refractivity contribution in [3.63, 3.8) is 0 Å². The van der Waals surface area contributed by atoms with Gasteiger partial charge in [0, 0.05) is 17.9 Å². The number of nitrogens with one attached hydrogen (secondary N) is 1. The molecule has 0 unspecified atom stereocenters. The fraction of sp³-hybridized carbons (Fsp3) is 0.667. The fourth-order valence-corrected chi connectivity index (χ4v) is 3.61. The molecule has 0 aromatic heterocycles. The zero-order valence-electron chi connectivity index (χ0n) is 19.2. The van der Waals surface area contributed by atoms with E-state index in [4.69, 9.17) is 0 Å². The van der Waals surface area contributed by atoms with Crippen LogP contribution in [0.4, 0.5) is 0 Å². The zero-order valence-corrected chi connectivity index (χ0v) is 20.0. The van der Waals surface area contributed by atoms with Crippen LogP contribution in [0.1, 0.15) is 80.1 Å². The van der Waals surface area contributed by atoms with Gasteiger partial charge in [0.15, 0.2) is 0 Å². The average molecular weight is 424 g/mol. The molecule has 4 nitrogen and oxygen atoms in total. The van der Waals surface area contributed by atoms with Crippen LogP contribution in [0.3, 0.4) is 0 Å². The number of allylic oxidation sites excluding steroid dienone is 5.